The Morgan fingerprint density at radius 1 is 1.21 bits per heavy atom. The van der Waals surface area contributed by atoms with Gasteiger partial charge in [0.25, 0.3) is 5.88 Å². The van der Waals surface area contributed by atoms with E-state index >= 15 is 0 Å². The van der Waals surface area contributed by atoms with Crippen molar-refractivity contribution in [1.82, 2.24) is 10.2 Å². The Morgan fingerprint density at radius 2 is 2.11 bits per heavy atom. The van der Waals surface area contributed by atoms with E-state index in [9.17, 15) is 0 Å². The van der Waals surface area contributed by atoms with Crippen LogP contribution in [-0.4, -0.2) is 10.2 Å². The van der Waals surface area contributed by atoms with Gasteiger partial charge < -0.3 is 4.74 Å². The summed E-state index contributed by atoms with van der Waals surface area (Å²) in [6.07, 6.45) is 2.41. The van der Waals surface area contributed by atoms with Gasteiger partial charge in [0.2, 0.25) is 0 Å². The molecule has 0 aliphatic heterocycles. The summed E-state index contributed by atoms with van der Waals surface area (Å²) in [7, 11) is 0. The van der Waals surface area contributed by atoms with Crippen molar-refractivity contribution in [1.29, 1.82) is 0 Å². The van der Waals surface area contributed by atoms with Crippen LogP contribution in [0.4, 0.5) is 0 Å². The summed E-state index contributed by atoms with van der Waals surface area (Å²) in [5, 5.41) is 8.29. The Balaban J connectivity index is 1.71. The van der Waals surface area contributed by atoms with E-state index in [1.165, 1.54) is 23.6 Å². The van der Waals surface area contributed by atoms with Crippen LogP contribution in [0, 0.1) is 5.92 Å². The van der Waals surface area contributed by atoms with Crippen LogP contribution < -0.4 is 4.74 Å². The number of halogens is 2. The van der Waals surface area contributed by atoms with Crippen LogP contribution in [0.1, 0.15) is 23.5 Å². The largest absolute Gasteiger partial charge is 0.436 e. The molecule has 0 saturated heterocycles. The highest BCUT2D eigenvalue weighted by atomic mass is 35.5. The summed E-state index contributed by atoms with van der Waals surface area (Å²) in [6.45, 7) is 0. The van der Waals surface area contributed by atoms with E-state index in [-0.39, 0.29) is 5.15 Å². The van der Waals surface area contributed by atoms with E-state index < -0.39 is 0 Å². The van der Waals surface area contributed by atoms with E-state index in [0.717, 1.165) is 24.0 Å². The zero-order valence-electron chi connectivity index (χ0n) is 9.94. The first-order chi connectivity index (χ1) is 9.22. The molecule has 5 heteroatoms. The molecule has 1 aromatic heterocycles. The van der Waals surface area contributed by atoms with Crippen LogP contribution in [0.25, 0.3) is 0 Å². The number of fused-ring (bicyclic) bond motifs is 3. The molecular weight excluding hydrogens is 283 g/mol. The minimum atomic E-state index is 0.261. The van der Waals surface area contributed by atoms with Crippen molar-refractivity contribution in [2.75, 3.05) is 0 Å². The molecule has 0 radical (unpaired) electrons. The molecule has 1 aromatic carbocycles. The molecule has 96 valence electrons. The van der Waals surface area contributed by atoms with Gasteiger partial charge in [-0.2, -0.15) is 0 Å². The van der Waals surface area contributed by atoms with Gasteiger partial charge in [0.05, 0.1) is 0 Å². The minimum absolute atomic E-state index is 0.261. The second-order valence-electron chi connectivity index (χ2n) is 5.05. The highest BCUT2D eigenvalue weighted by Crippen LogP contribution is 2.58. The Kier molecular flexibility index (Phi) is 2.47. The molecule has 0 bridgehead atoms. The van der Waals surface area contributed by atoms with Crippen molar-refractivity contribution < 1.29 is 4.74 Å². The number of nitrogens with zero attached hydrogens (tertiary/aromatic N) is 2. The van der Waals surface area contributed by atoms with Crippen molar-refractivity contribution in [3.05, 3.63) is 45.6 Å². The summed E-state index contributed by atoms with van der Waals surface area (Å²) in [4.78, 5) is 0. The molecule has 2 unspecified atom stereocenters. The monoisotopic (exact) mass is 292 g/mol. The van der Waals surface area contributed by atoms with Crippen LogP contribution in [-0.2, 0) is 6.42 Å². The third-order valence-electron chi connectivity index (χ3n) is 3.85. The Bertz CT molecular complexity index is 674. The fourth-order valence-electron chi connectivity index (χ4n) is 2.87. The molecule has 2 aliphatic rings. The average Bonchev–Trinajstić information content (AvgIpc) is 3.06. The van der Waals surface area contributed by atoms with Crippen molar-refractivity contribution in [2.24, 2.45) is 5.92 Å². The number of ether oxygens (including phenoxy) is 1. The van der Waals surface area contributed by atoms with Crippen LogP contribution in [0.3, 0.4) is 0 Å². The minimum Gasteiger partial charge on any atom is -0.436 e. The number of benzene rings is 1. The smallest absolute Gasteiger partial charge is 0.257 e. The van der Waals surface area contributed by atoms with Gasteiger partial charge >= 0.3 is 0 Å². The van der Waals surface area contributed by atoms with Crippen molar-refractivity contribution in [3.63, 3.8) is 0 Å². The van der Waals surface area contributed by atoms with Crippen LogP contribution >= 0.6 is 23.2 Å². The molecular formula is C14H10Cl2N2O. The van der Waals surface area contributed by atoms with Gasteiger partial charge in [0.1, 0.15) is 10.8 Å². The molecule has 2 aliphatic carbocycles. The Labute approximate surface area is 120 Å². The fraction of sp³-hybridized carbons (Fsp3) is 0.286. The lowest BCUT2D eigenvalue weighted by Gasteiger charge is -2.11. The number of rotatable bonds is 2. The van der Waals surface area contributed by atoms with E-state index in [1.807, 2.05) is 12.1 Å². The normalized spacial score (nSPS) is 22.8. The molecule has 2 aromatic rings. The maximum atomic E-state index is 6.06. The van der Waals surface area contributed by atoms with Crippen molar-refractivity contribution in [3.8, 4) is 11.6 Å². The molecule has 1 heterocycles. The van der Waals surface area contributed by atoms with Gasteiger partial charge in [-0.1, -0.05) is 35.3 Å². The quantitative estimate of drug-likeness (QED) is 0.831. The van der Waals surface area contributed by atoms with Crippen molar-refractivity contribution in [2.45, 2.75) is 18.8 Å². The standard InChI is InChI=1S/C14H10Cl2N2O/c15-11-6-13(16)17-18-14(11)19-12-3-1-2-8-9-4-7(9)5-10(8)12/h1-3,6-7,9H,4-5H2. The topological polar surface area (TPSA) is 35.0 Å². The maximum absolute atomic E-state index is 6.06. The molecule has 0 amide bonds. The molecule has 19 heavy (non-hydrogen) atoms. The van der Waals surface area contributed by atoms with Crippen LogP contribution in [0.5, 0.6) is 11.6 Å². The van der Waals surface area contributed by atoms with Crippen molar-refractivity contribution >= 4 is 23.2 Å². The third kappa shape index (κ3) is 1.88. The zero-order chi connectivity index (χ0) is 13.0. The average molecular weight is 293 g/mol. The number of hydrogen-bond donors (Lipinski definition) is 0. The summed E-state index contributed by atoms with van der Waals surface area (Å²) < 4.78 is 5.81. The van der Waals surface area contributed by atoms with Crippen LogP contribution in [0.15, 0.2) is 24.3 Å². The first-order valence-corrected chi connectivity index (χ1v) is 6.96. The van der Waals surface area contributed by atoms with Gasteiger partial charge in [-0.3, -0.25) is 0 Å². The van der Waals surface area contributed by atoms with E-state index in [1.54, 1.807) is 0 Å². The summed E-state index contributed by atoms with van der Waals surface area (Å²) in [5.74, 6) is 2.69. The second kappa shape index (κ2) is 4.09. The highest BCUT2D eigenvalue weighted by Gasteiger charge is 2.46. The summed E-state index contributed by atoms with van der Waals surface area (Å²) in [5.41, 5.74) is 2.71. The lowest BCUT2D eigenvalue weighted by molar-refractivity contribution is 0.449. The number of aromatic nitrogens is 2. The SMILES string of the molecule is Clc1cc(Cl)c(Oc2cccc3c2CC2CC32)nn1. The molecule has 0 N–H and O–H groups in total. The maximum Gasteiger partial charge on any atom is 0.257 e. The summed E-state index contributed by atoms with van der Waals surface area (Å²) >= 11 is 11.8. The third-order valence-corrected chi connectivity index (χ3v) is 4.31. The first kappa shape index (κ1) is 11.5. The van der Waals surface area contributed by atoms with Gasteiger partial charge in [-0.25, -0.2) is 0 Å². The molecule has 2 atom stereocenters. The van der Waals surface area contributed by atoms with Gasteiger partial charge in [0, 0.05) is 6.07 Å². The zero-order valence-corrected chi connectivity index (χ0v) is 11.4. The Morgan fingerprint density at radius 3 is 2.95 bits per heavy atom. The lowest BCUT2D eigenvalue weighted by Crippen LogP contribution is -1.96. The number of hydrogen-bond acceptors (Lipinski definition) is 3. The molecule has 0 spiro atoms. The van der Waals surface area contributed by atoms with Gasteiger partial charge in [-0.05, 0) is 41.9 Å². The van der Waals surface area contributed by atoms with E-state index in [4.69, 9.17) is 27.9 Å². The second-order valence-corrected chi connectivity index (χ2v) is 5.85. The van der Waals surface area contributed by atoms with E-state index in [0.29, 0.717) is 10.9 Å². The predicted octanol–water partition coefficient (Wildman–Crippen LogP) is 4.24. The van der Waals surface area contributed by atoms with Gasteiger partial charge in [0.15, 0.2) is 5.15 Å². The van der Waals surface area contributed by atoms with Gasteiger partial charge in [-0.15, -0.1) is 10.2 Å². The molecule has 4 rings (SSSR count). The first-order valence-electron chi connectivity index (χ1n) is 6.21. The molecule has 1 fully saturated rings. The summed E-state index contributed by atoms with van der Waals surface area (Å²) in [6, 6.07) is 7.70. The van der Waals surface area contributed by atoms with Crippen LogP contribution in [0.2, 0.25) is 10.2 Å². The molecule has 1 saturated carbocycles. The Hall–Kier alpha value is -1.32. The highest BCUT2D eigenvalue weighted by molar-refractivity contribution is 6.34. The molecule has 3 nitrogen and oxygen atoms in total. The van der Waals surface area contributed by atoms with E-state index in [2.05, 4.69) is 16.3 Å². The predicted molar refractivity (Wildman–Crippen MR) is 73.1 cm³/mol. The lowest BCUT2D eigenvalue weighted by atomic mass is 10.1. The fourth-order valence-corrected chi connectivity index (χ4v) is 3.25.